The molecule has 0 amide bonds. The second kappa shape index (κ2) is 6.55. The lowest BCUT2D eigenvalue weighted by Crippen LogP contribution is -2.42. The van der Waals surface area contributed by atoms with Gasteiger partial charge in [0.1, 0.15) is 12.6 Å². The van der Waals surface area contributed by atoms with Crippen LogP contribution in [0.3, 0.4) is 0 Å². The third-order valence-electron chi connectivity index (χ3n) is 3.50. The van der Waals surface area contributed by atoms with Crippen LogP contribution in [0.15, 0.2) is 30.3 Å². The summed E-state index contributed by atoms with van der Waals surface area (Å²) < 4.78 is 5.36. The van der Waals surface area contributed by atoms with E-state index in [0.717, 1.165) is 18.7 Å². The Morgan fingerprint density at radius 2 is 1.89 bits per heavy atom. The molecule has 1 unspecified atom stereocenters. The molecule has 1 atom stereocenters. The van der Waals surface area contributed by atoms with Gasteiger partial charge in [-0.3, -0.25) is 9.69 Å². The topological polar surface area (TPSA) is 29.5 Å². The number of ether oxygens (including phenoxy) is 1. The standard InChI is InChI=1S/C15H21NO2/c1-13(16-10-6-3-7-11-16)15(17)18-12-14-8-4-2-5-9-14/h2,4-5,8-9,13H,3,6-7,10-12H2,1H3. The molecule has 1 aromatic rings. The molecule has 1 fully saturated rings. The molecule has 1 aliphatic heterocycles. The minimum absolute atomic E-state index is 0.110. The minimum atomic E-state index is -0.117. The van der Waals surface area contributed by atoms with Gasteiger partial charge < -0.3 is 4.74 Å². The molecule has 3 nitrogen and oxygen atoms in total. The summed E-state index contributed by atoms with van der Waals surface area (Å²) in [5, 5.41) is 0. The molecule has 0 spiro atoms. The maximum absolute atomic E-state index is 12.0. The Balaban J connectivity index is 1.80. The molecular weight excluding hydrogens is 226 g/mol. The first-order valence-corrected chi connectivity index (χ1v) is 6.72. The Morgan fingerprint density at radius 3 is 2.56 bits per heavy atom. The van der Waals surface area contributed by atoms with Crippen LogP contribution in [0.25, 0.3) is 0 Å². The van der Waals surface area contributed by atoms with Gasteiger partial charge in [0.25, 0.3) is 0 Å². The van der Waals surface area contributed by atoms with Crippen molar-refractivity contribution in [3.8, 4) is 0 Å². The van der Waals surface area contributed by atoms with Crippen molar-refractivity contribution in [2.24, 2.45) is 0 Å². The summed E-state index contributed by atoms with van der Waals surface area (Å²) in [6.45, 7) is 4.35. The van der Waals surface area contributed by atoms with E-state index in [0.29, 0.717) is 6.61 Å². The normalized spacial score (nSPS) is 18.3. The number of hydrogen-bond donors (Lipinski definition) is 0. The first kappa shape index (κ1) is 13.1. The number of nitrogens with zero attached hydrogens (tertiary/aromatic N) is 1. The van der Waals surface area contributed by atoms with E-state index in [1.54, 1.807) is 0 Å². The first-order chi connectivity index (χ1) is 8.77. The fraction of sp³-hybridized carbons (Fsp3) is 0.533. The second-order valence-corrected chi connectivity index (χ2v) is 4.87. The number of piperidine rings is 1. The van der Waals surface area contributed by atoms with E-state index < -0.39 is 0 Å². The molecule has 3 heteroatoms. The summed E-state index contributed by atoms with van der Waals surface area (Å²) in [6.07, 6.45) is 3.66. The average molecular weight is 247 g/mol. The van der Waals surface area contributed by atoms with Crippen molar-refractivity contribution in [3.05, 3.63) is 35.9 Å². The van der Waals surface area contributed by atoms with Gasteiger partial charge in [0, 0.05) is 0 Å². The molecule has 18 heavy (non-hydrogen) atoms. The second-order valence-electron chi connectivity index (χ2n) is 4.87. The Labute approximate surface area is 109 Å². The lowest BCUT2D eigenvalue weighted by Gasteiger charge is -2.30. The van der Waals surface area contributed by atoms with E-state index in [9.17, 15) is 4.79 Å². The number of carbonyl (C=O) groups is 1. The van der Waals surface area contributed by atoms with Crippen LogP contribution in [0.4, 0.5) is 0 Å². The third kappa shape index (κ3) is 3.57. The SMILES string of the molecule is CC(C(=O)OCc1ccccc1)N1CCCCC1. The van der Waals surface area contributed by atoms with Crippen molar-refractivity contribution >= 4 is 5.97 Å². The van der Waals surface area contributed by atoms with Crippen LogP contribution in [-0.2, 0) is 16.1 Å². The molecule has 0 bridgehead atoms. The highest BCUT2D eigenvalue weighted by atomic mass is 16.5. The first-order valence-electron chi connectivity index (χ1n) is 6.72. The van der Waals surface area contributed by atoms with Crippen molar-refractivity contribution in [1.82, 2.24) is 4.90 Å². The maximum Gasteiger partial charge on any atom is 0.323 e. The molecule has 1 aliphatic rings. The molecule has 2 rings (SSSR count). The van der Waals surface area contributed by atoms with Crippen LogP contribution < -0.4 is 0 Å². The van der Waals surface area contributed by atoms with Gasteiger partial charge in [-0.05, 0) is 38.4 Å². The predicted octanol–water partition coefficient (Wildman–Crippen LogP) is 2.60. The Kier molecular flexibility index (Phi) is 4.76. The summed E-state index contributed by atoms with van der Waals surface area (Å²) in [4.78, 5) is 14.2. The van der Waals surface area contributed by atoms with Crippen LogP contribution >= 0.6 is 0 Å². The fourth-order valence-electron chi connectivity index (χ4n) is 2.30. The highest BCUT2D eigenvalue weighted by molar-refractivity contribution is 5.75. The summed E-state index contributed by atoms with van der Waals surface area (Å²) in [5.41, 5.74) is 1.04. The monoisotopic (exact) mass is 247 g/mol. The quantitative estimate of drug-likeness (QED) is 0.766. The molecule has 0 radical (unpaired) electrons. The molecule has 0 aliphatic carbocycles. The minimum Gasteiger partial charge on any atom is -0.460 e. The van der Waals surface area contributed by atoms with Gasteiger partial charge in [-0.25, -0.2) is 0 Å². The zero-order valence-corrected chi connectivity index (χ0v) is 11.0. The lowest BCUT2D eigenvalue weighted by atomic mass is 10.1. The molecule has 1 saturated heterocycles. The number of benzene rings is 1. The Morgan fingerprint density at radius 1 is 1.22 bits per heavy atom. The van der Waals surface area contributed by atoms with Gasteiger partial charge in [-0.15, -0.1) is 0 Å². The summed E-state index contributed by atoms with van der Waals surface area (Å²) in [6, 6.07) is 9.70. The number of hydrogen-bond acceptors (Lipinski definition) is 3. The van der Waals surface area contributed by atoms with Gasteiger partial charge in [0.2, 0.25) is 0 Å². The largest absolute Gasteiger partial charge is 0.460 e. The van der Waals surface area contributed by atoms with Crippen LogP contribution in [-0.4, -0.2) is 30.0 Å². The molecular formula is C15H21NO2. The van der Waals surface area contributed by atoms with Gasteiger partial charge in [-0.1, -0.05) is 36.8 Å². The summed E-state index contributed by atoms with van der Waals surface area (Å²) >= 11 is 0. The molecule has 0 saturated carbocycles. The predicted molar refractivity (Wildman–Crippen MR) is 71.1 cm³/mol. The van der Waals surface area contributed by atoms with Crippen LogP contribution in [0.5, 0.6) is 0 Å². The smallest absolute Gasteiger partial charge is 0.323 e. The van der Waals surface area contributed by atoms with Crippen LogP contribution in [0.1, 0.15) is 31.7 Å². The number of esters is 1. The zero-order valence-electron chi connectivity index (χ0n) is 11.0. The van der Waals surface area contributed by atoms with Gasteiger partial charge in [0.15, 0.2) is 0 Å². The van der Waals surface area contributed by atoms with E-state index in [1.165, 1.54) is 19.3 Å². The fourth-order valence-corrected chi connectivity index (χ4v) is 2.30. The van der Waals surface area contributed by atoms with Crippen LogP contribution in [0.2, 0.25) is 0 Å². The van der Waals surface area contributed by atoms with E-state index in [4.69, 9.17) is 4.74 Å². The highest BCUT2D eigenvalue weighted by Crippen LogP contribution is 2.13. The Hall–Kier alpha value is -1.35. The van der Waals surface area contributed by atoms with Gasteiger partial charge in [0.05, 0.1) is 0 Å². The van der Waals surface area contributed by atoms with Crippen molar-refractivity contribution in [2.75, 3.05) is 13.1 Å². The number of carbonyl (C=O) groups excluding carboxylic acids is 1. The Bertz CT molecular complexity index is 371. The van der Waals surface area contributed by atoms with Crippen molar-refractivity contribution < 1.29 is 9.53 Å². The molecule has 0 N–H and O–H groups in total. The van der Waals surface area contributed by atoms with E-state index in [-0.39, 0.29) is 12.0 Å². The van der Waals surface area contributed by atoms with Crippen molar-refractivity contribution in [1.29, 1.82) is 0 Å². The zero-order chi connectivity index (χ0) is 12.8. The highest BCUT2D eigenvalue weighted by Gasteiger charge is 2.23. The lowest BCUT2D eigenvalue weighted by molar-refractivity contribution is -0.151. The van der Waals surface area contributed by atoms with Gasteiger partial charge in [-0.2, -0.15) is 0 Å². The molecule has 1 heterocycles. The number of rotatable bonds is 4. The van der Waals surface area contributed by atoms with Gasteiger partial charge >= 0.3 is 5.97 Å². The van der Waals surface area contributed by atoms with Crippen molar-refractivity contribution in [2.45, 2.75) is 38.8 Å². The van der Waals surface area contributed by atoms with Crippen LogP contribution in [0, 0.1) is 0 Å². The molecule has 0 aromatic heterocycles. The summed E-state index contributed by atoms with van der Waals surface area (Å²) in [7, 11) is 0. The van der Waals surface area contributed by atoms with Crippen molar-refractivity contribution in [3.63, 3.8) is 0 Å². The average Bonchev–Trinajstić information content (AvgIpc) is 2.46. The van der Waals surface area contributed by atoms with E-state index in [2.05, 4.69) is 4.90 Å². The molecule has 1 aromatic carbocycles. The summed E-state index contributed by atoms with van der Waals surface area (Å²) in [5.74, 6) is -0.110. The molecule has 98 valence electrons. The number of likely N-dealkylation sites (tertiary alicyclic amines) is 1. The third-order valence-corrected chi connectivity index (χ3v) is 3.50. The van der Waals surface area contributed by atoms with E-state index >= 15 is 0 Å². The maximum atomic E-state index is 12.0. The van der Waals surface area contributed by atoms with E-state index in [1.807, 2.05) is 37.3 Å².